The van der Waals surface area contributed by atoms with Gasteiger partial charge in [-0.1, -0.05) is 0 Å². The number of anilines is 1. The number of aryl methyl sites for hydroxylation is 3. The van der Waals surface area contributed by atoms with Crippen LogP contribution < -0.4 is 4.72 Å². The third-order valence-corrected chi connectivity index (χ3v) is 6.60. The van der Waals surface area contributed by atoms with E-state index in [2.05, 4.69) is 14.9 Å². The Morgan fingerprint density at radius 1 is 1.07 bits per heavy atom. The summed E-state index contributed by atoms with van der Waals surface area (Å²) in [6.45, 7) is 5.29. The zero-order valence-corrected chi connectivity index (χ0v) is 16.2. The second-order valence-electron chi connectivity index (χ2n) is 6.04. The van der Waals surface area contributed by atoms with Gasteiger partial charge in [-0.15, -0.1) is 11.3 Å². The van der Waals surface area contributed by atoms with Gasteiger partial charge in [-0.25, -0.2) is 8.42 Å². The van der Waals surface area contributed by atoms with Crippen LogP contribution in [0.15, 0.2) is 35.2 Å². The Balaban J connectivity index is 2.01. The van der Waals surface area contributed by atoms with Gasteiger partial charge in [0.1, 0.15) is 4.90 Å². The number of hydrogen-bond donors (Lipinski definition) is 2. The van der Waals surface area contributed by atoms with Crippen LogP contribution in [0.2, 0.25) is 0 Å². The van der Waals surface area contributed by atoms with Crippen molar-refractivity contribution in [3.8, 4) is 11.3 Å². The quantitative estimate of drug-likeness (QED) is 0.638. The first-order valence-electron chi connectivity index (χ1n) is 7.81. The summed E-state index contributed by atoms with van der Waals surface area (Å²) in [5, 5.41) is 6.93. The number of H-pyrrole nitrogens is 1. The summed E-state index contributed by atoms with van der Waals surface area (Å²) in [4.78, 5) is 1.44. The highest BCUT2D eigenvalue weighted by molar-refractivity contribution is 7.93. The minimum atomic E-state index is -4.48. The lowest BCUT2D eigenvalue weighted by Gasteiger charge is -2.11. The molecule has 2 N–H and O–H groups in total. The normalized spacial score (nSPS) is 12.4. The number of sulfonamides is 1. The first-order chi connectivity index (χ1) is 12.5. The van der Waals surface area contributed by atoms with E-state index in [0.29, 0.717) is 16.1 Å². The fraction of sp³-hybridized carbons (Fsp3) is 0.235. The molecule has 0 aliphatic heterocycles. The molecule has 0 aliphatic carbocycles. The van der Waals surface area contributed by atoms with E-state index in [0.717, 1.165) is 34.8 Å². The molecule has 0 atom stereocenters. The molecule has 0 spiro atoms. The van der Waals surface area contributed by atoms with E-state index in [1.165, 1.54) is 11.3 Å². The standard InChI is InChI=1S/C17H16F3N3O2S2/c1-9-8-14(22-21-9)15-10(2)26-11(3)16(15)27(24,25)23-13-6-4-12(5-7-13)17(18,19)20/h4-8,23H,1-3H3,(H,21,22). The Hall–Kier alpha value is -2.33. The summed E-state index contributed by atoms with van der Waals surface area (Å²) in [5.41, 5.74) is 0.979. The van der Waals surface area contributed by atoms with Crippen molar-refractivity contribution < 1.29 is 21.6 Å². The lowest BCUT2D eigenvalue weighted by molar-refractivity contribution is -0.137. The van der Waals surface area contributed by atoms with E-state index < -0.39 is 21.8 Å². The smallest absolute Gasteiger partial charge is 0.282 e. The highest BCUT2D eigenvalue weighted by Gasteiger charge is 2.31. The number of alkyl halides is 3. The number of nitrogens with one attached hydrogen (secondary N) is 2. The SMILES string of the molecule is Cc1cc(-c2c(C)sc(C)c2S(=O)(=O)Nc2ccc(C(F)(F)F)cc2)n[nH]1. The molecule has 0 amide bonds. The molecule has 2 heterocycles. The lowest BCUT2D eigenvalue weighted by atomic mass is 10.2. The van der Waals surface area contributed by atoms with E-state index in [-0.39, 0.29) is 10.6 Å². The van der Waals surface area contributed by atoms with E-state index in [1.54, 1.807) is 26.8 Å². The molecule has 1 aromatic carbocycles. The van der Waals surface area contributed by atoms with Gasteiger partial charge >= 0.3 is 6.18 Å². The Bertz CT molecular complexity index is 1080. The fourth-order valence-corrected chi connectivity index (χ4v) is 5.70. The van der Waals surface area contributed by atoms with Crippen molar-refractivity contribution in [2.75, 3.05) is 4.72 Å². The van der Waals surface area contributed by atoms with Crippen LogP contribution in [0.25, 0.3) is 11.3 Å². The molecule has 0 unspecified atom stereocenters. The number of hydrogen-bond acceptors (Lipinski definition) is 4. The second-order valence-corrected chi connectivity index (χ2v) is 9.08. The zero-order valence-electron chi connectivity index (χ0n) is 14.6. The summed E-state index contributed by atoms with van der Waals surface area (Å²) >= 11 is 1.32. The van der Waals surface area contributed by atoms with Gasteiger partial charge in [-0.3, -0.25) is 9.82 Å². The Morgan fingerprint density at radius 2 is 1.70 bits per heavy atom. The third kappa shape index (κ3) is 3.86. The largest absolute Gasteiger partial charge is 0.416 e. The van der Waals surface area contributed by atoms with Crippen molar-refractivity contribution in [3.63, 3.8) is 0 Å². The first kappa shape index (κ1) is 19.4. The van der Waals surface area contributed by atoms with Crippen LogP contribution in [0.3, 0.4) is 0 Å². The molecule has 3 aromatic rings. The Morgan fingerprint density at radius 3 is 2.22 bits per heavy atom. The number of benzene rings is 1. The number of thiophene rings is 1. The molecule has 144 valence electrons. The molecule has 5 nitrogen and oxygen atoms in total. The average molecular weight is 415 g/mol. The first-order valence-corrected chi connectivity index (χ1v) is 10.1. The van der Waals surface area contributed by atoms with Crippen LogP contribution in [-0.4, -0.2) is 18.6 Å². The molecule has 2 aromatic heterocycles. The van der Waals surface area contributed by atoms with Crippen molar-refractivity contribution in [1.82, 2.24) is 10.2 Å². The number of nitrogens with zero attached hydrogens (tertiary/aromatic N) is 1. The molecule has 0 saturated heterocycles. The maximum absolute atomic E-state index is 13.0. The van der Waals surface area contributed by atoms with Gasteiger partial charge in [0.05, 0.1) is 11.3 Å². The van der Waals surface area contributed by atoms with E-state index in [4.69, 9.17) is 0 Å². The highest BCUT2D eigenvalue weighted by atomic mass is 32.2. The van der Waals surface area contributed by atoms with E-state index >= 15 is 0 Å². The molecule has 0 saturated carbocycles. The molecule has 0 bridgehead atoms. The minimum absolute atomic E-state index is 0.0513. The minimum Gasteiger partial charge on any atom is -0.282 e. The van der Waals surface area contributed by atoms with Crippen LogP contribution in [0.4, 0.5) is 18.9 Å². The van der Waals surface area contributed by atoms with Crippen molar-refractivity contribution >= 4 is 27.0 Å². The summed E-state index contributed by atoms with van der Waals surface area (Å²) in [7, 11) is -4.02. The molecular formula is C17H16F3N3O2S2. The number of aromatic nitrogens is 2. The predicted molar refractivity (Wildman–Crippen MR) is 98.4 cm³/mol. The van der Waals surface area contributed by atoms with Crippen molar-refractivity contribution in [3.05, 3.63) is 51.3 Å². The predicted octanol–water partition coefficient (Wildman–Crippen LogP) is 4.88. The molecule has 0 radical (unpaired) electrons. The Labute approximate surface area is 158 Å². The van der Waals surface area contributed by atoms with Crippen molar-refractivity contribution in [1.29, 1.82) is 0 Å². The van der Waals surface area contributed by atoms with Gasteiger partial charge in [0.25, 0.3) is 10.0 Å². The van der Waals surface area contributed by atoms with Crippen molar-refractivity contribution in [2.45, 2.75) is 31.8 Å². The van der Waals surface area contributed by atoms with Gasteiger partial charge in [-0.2, -0.15) is 18.3 Å². The third-order valence-electron chi connectivity index (χ3n) is 3.90. The van der Waals surface area contributed by atoms with Crippen LogP contribution >= 0.6 is 11.3 Å². The average Bonchev–Trinajstić information content (AvgIpc) is 3.09. The molecule has 27 heavy (non-hydrogen) atoms. The highest BCUT2D eigenvalue weighted by Crippen LogP contribution is 2.39. The van der Waals surface area contributed by atoms with Crippen LogP contribution in [0.5, 0.6) is 0 Å². The van der Waals surface area contributed by atoms with Gasteiger partial charge < -0.3 is 0 Å². The lowest BCUT2D eigenvalue weighted by Crippen LogP contribution is -2.14. The summed E-state index contributed by atoms with van der Waals surface area (Å²) < 4.78 is 66.3. The van der Waals surface area contributed by atoms with Crippen LogP contribution in [-0.2, 0) is 16.2 Å². The number of halogens is 3. The maximum Gasteiger partial charge on any atom is 0.416 e. The van der Waals surface area contributed by atoms with Crippen LogP contribution in [0.1, 0.15) is 21.0 Å². The Kier molecular flexibility index (Phi) is 4.81. The molecule has 10 heteroatoms. The maximum atomic E-state index is 13.0. The van der Waals surface area contributed by atoms with Crippen molar-refractivity contribution in [2.24, 2.45) is 0 Å². The number of rotatable bonds is 4. The summed E-state index contributed by atoms with van der Waals surface area (Å²) in [5.74, 6) is 0. The molecular weight excluding hydrogens is 399 g/mol. The molecule has 3 rings (SSSR count). The molecule has 0 aliphatic rings. The topological polar surface area (TPSA) is 74.8 Å². The van der Waals surface area contributed by atoms with E-state index in [9.17, 15) is 21.6 Å². The summed E-state index contributed by atoms with van der Waals surface area (Å²) in [6.07, 6.45) is -4.48. The number of aromatic amines is 1. The summed E-state index contributed by atoms with van der Waals surface area (Å²) in [6, 6.07) is 5.59. The zero-order chi connectivity index (χ0) is 20.0. The van der Waals surface area contributed by atoms with Crippen LogP contribution in [0, 0.1) is 20.8 Å². The monoisotopic (exact) mass is 415 g/mol. The van der Waals surface area contributed by atoms with Gasteiger partial charge in [0, 0.05) is 26.7 Å². The van der Waals surface area contributed by atoms with Gasteiger partial charge in [0.15, 0.2) is 0 Å². The fourth-order valence-electron chi connectivity index (χ4n) is 2.76. The van der Waals surface area contributed by atoms with Gasteiger partial charge in [-0.05, 0) is 51.1 Å². The van der Waals surface area contributed by atoms with E-state index in [1.807, 2.05) is 0 Å². The molecule has 0 fully saturated rings. The second kappa shape index (κ2) is 6.68. The van der Waals surface area contributed by atoms with Gasteiger partial charge in [0.2, 0.25) is 0 Å².